The van der Waals surface area contributed by atoms with Gasteiger partial charge >= 0.3 is 18.2 Å². The van der Waals surface area contributed by atoms with Gasteiger partial charge in [0.2, 0.25) is 5.54 Å². The second kappa shape index (κ2) is 6.11. The normalized spacial score (nSPS) is 25.8. The lowest BCUT2D eigenvalue weighted by atomic mass is 9.87. The fraction of sp³-hybridized carbons (Fsp3) is 0.846. The van der Waals surface area contributed by atoms with Crippen molar-refractivity contribution in [1.82, 2.24) is 10.2 Å². The summed E-state index contributed by atoms with van der Waals surface area (Å²) in [5.74, 6) is -1.59. The third-order valence-corrected chi connectivity index (χ3v) is 4.21. The average Bonchev–Trinajstić information content (AvgIpc) is 2.37. The monoisotopic (exact) mass is 310 g/mol. The first-order valence-electron chi connectivity index (χ1n) is 6.84. The number of nitrogens with one attached hydrogen (secondary N) is 1. The number of hydrogen-bond acceptors (Lipinski definition) is 2. The van der Waals surface area contributed by atoms with Gasteiger partial charge in [-0.05, 0) is 38.5 Å². The van der Waals surface area contributed by atoms with Crippen LogP contribution in [0.3, 0.4) is 0 Å². The molecule has 8 heteroatoms. The molecule has 1 saturated carbocycles. The number of hydrogen-bond donors (Lipinski definition) is 2. The van der Waals surface area contributed by atoms with Crippen molar-refractivity contribution in [3.05, 3.63) is 0 Å². The zero-order valence-corrected chi connectivity index (χ0v) is 12.3. The number of nitrogens with zero attached hydrogens (tertiary/aromatic N) is 1. The molecular weight excluding hydrogens is 289 g/mol. The summed E-state index contributed by atoms with van der Waals surface area (Å²) in [6.45, 7) is 2.53. The summed E-state index contributed by atoms with van der Waals surface area (Å²) in [5, 5.41) is 10.4. The van der Waals surface area contributed by atoms with Crippen LogP contribution in [-0.4, -0.2) is 46.8 Å². The third-order valence-electron chi connectivity index (χ3n) is 4.21. The van der Waals surface area contributed by atoms with Crippen molar-refractivity contribution >= 4 is 12.0 Å². The van der Waals surface area contributed by atoms with Crippen LogP contribution in [0, 0.1) is 5.92 Å². The molecular formula is C13H21F3N2O3. The highest BCUT2D eigenvalue weighted by molar-refractivity contribution is 5.86. The minimum atomic E-state index is -5.07. The maximum Gasteiger partial charge on any atom is 0.422 e. The molecule has 1 atom stereocenters. The number of carbonyl (C=O) groups excluding carboxylic acids is 1. The molecule has 0 aromatic heterocycles. The summed E-state index contributed by atoms with van der Waals surface area (Å²) >= 11 is 0. The van der Waals surface area contributed by atoms with Gasteiger partial charge in [0.1, 0.15) is 0 Å². The van der Waals surface area contributed by atoms with Crippen LogP contribution in [0.4, 0.5) is 18.0 Å². The Balaban J connectivity index is 2.76. The number of carboxylic acids is 1. The molecule has 2 amide bonds. The van der Waals surface area contributed by atoms with Crippen LogP contribution in [0.15, 0.2) is 0 Å². The second-order valence-corrected chi connectivity index (χ2v) is 5.88. The largest absolute Gasteiger partial charge is 0.479 e. The van der Waals surface area contributed by atoms with E-state index in [4.69, 9.17) is 5.11 Å². The first-order valence-corrected chi connectivity index (χ1v) is 6.84. The van der Waals surface area contributed by atoms with E-state index in [0.29, 0.717) is 25.7 Å². The van der Waals surface area contributed by atoms with Gasteiger partial charge < -0.3 is 15.3 Å². The molecule has 1 rings (SSSR count). The van der Waals surface area contributed by atoms with E-state index in [1.54, 1.807) is 5.32 Å². The van der Waals surface area contributed by atoms with E-state index in [0.717, 1.165) is 12.8 Å². The summed E-state index contributed by atoms with van der Waals surface area (Å²) in [6.07, 6.45) is -1.85. The minimum Gasteiger partial charge on any atom is -0.479 e. The summed E-state index contributed by atoms with van der Waals surface area (Å²) in [6, 6.07) is -1.18. The summed E-state index contributed by atoms with van der Waals surface area (Å²) in [7, 11) is 1.40. The zero-order valence-electron chi connectivity index (χ0n) is 12.3. The number of carbonyl (C=O) groups is 2. The van der Waals surface area contributed by atoms with Gasteiger partial charge in [0, 0.05) is 13.1 Å². The van der Waals surface area contributed by atoms with Crippen LogP contribution < -0.4 is 5.32 Å². The molecule has 1 fully saturated rings. The molecule has 0 bridgehead atoms. The van der Waals surface area contributed by atoms with E-state index in [-0.39, 0.29) is 6.04 Å². The van der Waals surface area contributed by atoms with E-state index in [9.17, 15) is 22.8 Å². The van der Waals surface area contributed by atoms with Crippen molar-refractivity contribution in [2.24, 2.45) is 5.92 Å². The number of halogens is 3. The smallest absolute Gasteiger partial charge is 0.422 e. The van der Waals surface area contributed by atoms with Gasteiger partial charge in [-0.15, -0.1) is 0 Å². The number of carboxylic acid groups (broad SMARTS) is 1. The van der Waals surface area contributed by atoms with Crippen LogP contribution in [-0.2, 0) is 4.79 Å². The van der Waals surface area contributed by atoms with E-state index in [1.807, 2.05) is 0 Å². The van der Waals surface area contributed by atoms with E-state index in [2.05, 4.69) is 6.92 Å². The molecule has 21 heavy (non-hydrogen) atoms. The van der Waals surface area contributed by atoms with E-state index in [1.165, 1.54) is 11.9 Å². The lowest BCUT2D eigenvalue weighted by molar-refractivity contribution is -0.203. The van der Waals surface area contributed by atoms with Crippen molar-refractivity contribution in [2.75, 3.05) is 7.05 Å². The van der Waals surface area contributed by atoms with Crippen LogP contribution in [0.2, 0.25) is 0 Å². The van der Waals surface area contributed by atoms with Crippen molar-refractivity contribution in [1.29, 1.82) is 0 Å². The van der Waals surface area contributed by atoms with E-state index < -0.39 is 23.7 Å². The minimum absolute atomic E-state index is 0.160. The Hall–Kier alpha value is -1.47. The van der Waals surface area contributed by atoms with Crippen molar-refractivity contribution in [3.63, 3.8) is 0 Å². The molecule has 0 aliphatic heterocycles. The van der Waals surface area contributed by atoms with Gasteiger partial charge in [-0.1, -0.05) is 6.92 Å². The van der Waals surface area contributed by atoms with Crippen LogP contribution in [0.5, 0.6) is 0 Å². The SMILES string of the molecule is CC1CCC(N(C)C(=O)NC(C)(C(=O)O)C(F)(F)F)CC1. The Morgan fingerprint density at radius 3 is 2.05 bits per heavy atom. The predicted octanol–water partition coefficient (Wildman–Crippen LogP) is 2.61. The molecule has 2 N–H and O–H groups in total. The number of urea groups is 1. The first kappa shape index (κ1) is 17.6. The van der Waals surface area contributed by atoms with Crippen molar-refractivity contribution in [3.8, 4) is 0 Å². The molecule has 1 aliphatic carbocycles. The van der Waals surface area contributed by atoms with Crippen LogP contribution in [0.1, 0.15) is 39.5 Å². The summed E-state index contributed by atoms with van der Waals surface area (Å²) < 4.78 is 38.6. The zero-order chi connectivity index (χ0) is 16.4. The predicted molar refractivity (Wildman–Crippen MR) is 69.8 cm³/mol. The number of aliphatic carboxylic acids is 1. The molecule has 0 heterocycles. The topological polar surface area (TPSA) is 69.6 Å². The third kappa shape index (κ3) is 3.79. The first-order chi connectivity index (χ1) is 9.49. The van der Waals surface area contributed by atoms with Gasteiger partial charge in [-0.25, -0.2) is 9.59 Å². The summed E-state index contributed by atoms with van der Waals surface area (Å²) in [5.41, 5.74) is -3.29. The molecule has 0 radical (unpaired) electrons. The maximum atomic E-state index is 12.9. The van der Waals surface area contributed by atoms with Crippen LogP contribution >= 0.6 is 0 Å². The Labute approximate surface area is 121 Å². The van der Waals surface area contributed by atoms with Gasteiger partial charge in [-0.2, -0.15) is 13.2 Å². The highest BCUT2D eigenvalue weighted by Gasteiger charge is 2.58. The molecule has 0 aromatic carbocycles. The standard InChI is InChI=1S/C13H21F3N2O3/c1-8-4-6-9(7-5-8)18(3)11(21)17-12(2,10(19)20)13(14,15)16/h8-9H,4-7H2,1-3H3,(H,17,21)(H,19,20). The highest BCUT2D eigenvalue weighted by Crippen LogP contribution is 2.31. The summed E-state index contributed by atoms with van der Waals surface area (Å²) in [4.78, 5) is 24.0. The Morgan fingerprint density at radius 1 is 1.19 bits per heavy atom. The number of alkyl halides is 3. The maximum absolute atomic E-state index is 12.9. The van der Waals surface area contributed by atoms with Crippen LogP contribution in [0.25, 0.3) is 0 Å². The Bertz CT molecular complexity index is 406. The Morgan fingerprint density at radius 2 is 1.67 bits per heavy atom. The molecule has 5 nitrogen and oxygen atoms in total. The molecule has 122 valence electrons. The van der Waals surface area contributed by atoms with Gasteiger partial charge in [0.05, 0.1) is 0 Å². The lowest BCUT2D eigenvalue weighted by Gasteiger charge is -2.36. The van der Waals surface area contributed by atoms with E-state index >= 15 is 0 Å². The fourth-order valence-electron chi connectivity index (χ4n) is 2.34. The molecule has 0 saturated heterocycles. The fourth-order valence-corrected chi connectivity index (χ4v) is 2.34. The molecule has 1 aliphatic rings. The molecule has 0 aromatic rings. The molecule has 0 spiro atoms. The van der Waals surface area contributed by atoms with Gasteiger partial charge in [0.25, 0.3) is 0 Å². The molecule has 1 unspecified atom stereocenters. The van der Waals surface area contributed by atoms with Gasteiger partial charge in [-0.3, -0.25) is 0 Å². The van der Waals surface area contributed by atoms with Crippen molar-refractivity contribution < 1.29 is 27.9 Å². The second-order valence-electron chi connectivity index (χ2n) is 5.88. The quantitative estimate of drug-likeness (QED) is 0.842. The van der Waals surface area contributed by atoms with Gasteiger partial charge in [0.15, 0.2) is 0 Å². The van der Waals surface area contributed by atoms with Crippen molar-refractivity contribution in [2.45, 2.75) is 57.3 Å². The lowest BCUT2D eigenvalue weighted by Crippen LogP contribution is -2.64. The Kier molecular flexibility index (Phi) is 5.11. The number of rotatable bonds is 3. The average molecular weight is 310 g/mol. The highest BCUT2D eigenvalue weighted by atomic mass is 19.4. The number of amides is 2.